The fourth-order valence-corrected chi connectivity index (χ4v) is 4.45. The second kappa shape index (κ2) is 7.08. The van der Waals surface area contributed by atoms with Gasteiger partial charge in [0, 0.05) is 51.1 Å². The van der Waals surface area contributed by atoms with E-state index in [4.69, 9.17) is 0 Å². The van der Waals surface area contributed by atoms with Crippen molar-refractivity contribution in [1.29, 1.82) is 0 Å². The van der Waals surface area contributed by atoms with Crippen LogP contribution in [0.5, 0.6) is 0 Å². The standard InChI is InChI=1S/C22H22FN5O/c1-26-21(29)12-19(17-6-8-24-13-18(17)23)25-22(26)28-11-10-27-9-7-15-4-2-3-5-16(15)20(27)14-28/h2-6,8,12-13,20H,7,9-11,14H2,1H3. The number of rotatable bonds is 2. The largest absolute Gasteiger partial charge is 0.339 e. The second-order valence-corrected chi connectivity index (χ2v) is 7.64. The Morgan fingerprint density at radius 2 is 2.00 bits per heavy atom. The molecule has 1 saturated heterocycles. The predicted octanol–water partition coefficient (Wildman–Crippen LogP) is 2.40. The Bertz CT molecular complexity index is 1130. The van der Waals surface area contributed by atoms with E-state index in [9.17, 15) is 9.18 Å². The average Bonchev–Trinajstić information content (AvgIpc) is 2.75. The number of nitrogens with zero attached hydrogens (tertiary/aromatic N) is 5. The molecule has 0 bridgehead atoms. The van der Waals surface area contributed by atoms with Gasteiger partial charge in [0.05, 0.1) is 17.9 Å². The lowest BCUT2D eigenvalue weighted by molar-refractivity contribution is 0.165. The first-order chi connectivity index (χ1) is 14.1. The van der Waals surface area contributed by atoms with Crippen molar-refractivity contribution in [2.24, 2.45) is 7.05 Å². The molecule has 29 heavy (non-hydrogen) atoms. The maximum atomic E-state index is 14.2. The van der Waals surface area contributed by atoms with Crippen molar-refractivity contribution in [3.05, 3.63) is 76.1 Å². The van der Waals surface area contributed by atoms with Gasteiger partial charge in [-0.25, -0.2) is 9.37 Å². The Kier molecular flexibility index (Phi) is 4.39. The van der Waals surface area contributed by atoms with Gasteiger partial charge in [0.2, 0.25) is 5.95 Å². The molecule has 2 aliphatic rings. The van der Waals surface area contributed by atoms with Crippen LogP contribution in [0, 0.1) is 5.82 Å². The highest BCUT2D eigenvalue weighted by Gasteiger charge is 2.33. The third-order valence-corrected chi connectivity index (χ3v) is 6.02. The van der Waals surface area contributed by atoms with Gasteiger partial charge < -0.3 is 4.90 Å². The van der Waals surface area contributed by atoms with Crippen LogP contribution in [0.4, 0.5) is 10.3 Å². The van der Waals surface area contributed by atoms with Crippen LogP contribution in [0.25, 0.3) is 11.3 Å². The third-order valence-electron chi connectivity index (χ3n) is 6.02. The molecular weight excluding hydrogens is 369 g/mol. The highest BCUT2D eigenvalue weighted by atomic mass is 19.1. The first kappa shape index (κ1) is 18.0. The molecule has 0 saturated carbocycles. The summed E-state index contributed by atoms with van der Waals surface area (Å²) in [5.74, 6) is 0.0941. The van der Waals surface area contributed by atoms with Crippen LogP contribution < -0.4 is 10.5 Å². The minimum absolute atomic E-state index is 0.201. The molecule has 0 aliphatic carbocycles. The highest BCUT2D eigenvalue weighted by Crippen LogP contribution is 2.33. The van der Waals surface area contributed by atoms with E-state index < -0.39 is 5.82 Å². The van der Waals surface area contributed by atoms with Crippen molar-refractivity contribution in [2.75, 3.05) is 31.1 Å². The molecule has 4 heterocycles. The summed E-state index contributed by atoms with van der Waals surface area (Å²) in [5.41, 5.74) is 3.18. The summed E-state index contributed by atoms with van der Waals surface area (Å²) in [4.78, 5) is 25.7. The molecule has 0 amide bonds. The summed E-state index contributed by atoms with van der Waals surface area (Å²) in [6, 6.07) is 11.8. The smallest absolute Gasteiger partial charge is 0.255 e. The lowest BCUT2D eigenvalue weighted by atomic mass is 9.91. The van der Waals surface area contributed by atoms with E-state index in [-0.39, 0.29) is 11.6 Å². The highest BCUT2D eigenvalue weighted by molar-refractivity contribution is 5.60. The minimum Gasteiger partial charge on any atom is -0.339 e. The minimum atomic E-state index is -0.481. The second-order valence-electron chi connectivity index (χ2n) is 7.64. The Morgan fingerprint density at radius 1 is 1.14 bits per heavy atom. The molecule has 0 spiro atoms. The van der Waals surface area contributed by atoms with E-state index in [1.165, 1.54) is 23.4 Å². The first-order valence-electron chi connectivity index (χ1n) is 9.86. The fourth-order valence-electron chi connectivity index (χ4n) is 4.45. The van der Waals surface area contributed by atoms with Gasteiger partial charge in [0.25, 0.3) is 5.56 Å². The molecule has 0 N–H and O–H groups in total. The normalized spacial score (nSPS) is 19.0. The lowest BCUT2D eigenvalue weighted by Crippen LogP contribution is -2.52. The SMILES string of the molecule is Cn1c(N2CCN3CCc4ccccc4C3C2)nc(-c2ccncc2F)cc1=O. The van der Waals surface area contributed by atoms with Crippen molar-refractivity contribution in [2.45, 2.75) is 12.5 Å². The molecule has 2 aliphatic heterocycles. The predicted molar refractivity (Wildman–Crippen MR) is 109 cm³/mol. The molecule has 1 unspecified atom stereocenters. The number of halogens is 1. The number of hydrogen-bond acceptors (Lipinski definition) is 5. The van der Waals surface area contributed by atoms with Crippen molar-refractivity contribution in [3.8, 4) is 11.3 Å². The van der Waals surface area contributed by atoms with E-state index in [2.05, 4.69) is 44.0 Å². The molecule has 2 aromatic heterocycles. The summed E-state index contributed by atoms with van der Waals surface area (Å²) in [7, 11) is 1.72. The van der Waals surface area contributed by atoms with Crippen molar-refractivity contribution < 1.29 is 4.39 Å². The van der Waals surface area contributed by atoms with Gasteiger partial charge >= 0.3 is 0 Å². The Hall–Kier alpha value is -3.06. The van der Waals surface area contributed by atoms with Crippen LogP contribution in [-0.2, 0) is 13.5 Å². The van der Waals surface area contributed by atoms with E-state index in [1.54, 1.807) is 17.7 Å². The van der Waals surface area contributed by atoms with E-state index in [0.29, 0.717) is 17.2 Å². The third kappa shape index (κ3) is 3.11. The summed E-state index contributed by atoms with van der Waals surface area (Å²) < 4.78 is 15.8. The van der Waals surface area contributed by atoms with Crippen molar-refractivity contribution in [3.63, 3.8) is 0 Å². The molecule has 148 valence electrons. The number of piperazine rings is 1. The maximum absolute atomic E-state index is 14.2. The Balaban J connectivity index is 1.54. The molecule has 3 aromatic rings. The molecule has 6 nitrogen and oxygen atoms in total. The van der Waals surface area contributed by atoms with E-state index in [1.807, 2.05) is 0 Å². The number of hydrogen-bond donors (Lipinski definition) is 0. The van der Waals surface area contributed by atoms with Crippen LogP contribution in [0.15, 0.2) is 53.6 Å². The van der Waals surface area contributed by atoms with Gasteiger partial charge in [0.15, 0.2) is 5.82 Å². The zero-order chi connectivity index (χ0) is 20.0. The van der Waals surface area contributed by atoms with Crippen LogP contribution in [0.3, 0.4) is 0 Å². The van der Waals surface area contributed by atoms with Gasteiger partial charge in [-0.1, -0.05) is 24.3 Å². The van der Waals surface area contributed by atoms with Gasteiger partial charge in [-0.2, -0.15) is 0 Å². The topological polar surface area (TPSA) is 54.3 Å². The van der Waals surface area contributed by atoms with Crippen molar-refractivity contribution in [1.82, 2.24) is 19.4 Å². The Labute approximate surface area is 168 Å². The monoisotopic (exact) mass is 391 g/mol. The maximum Gasteiger partial charge on any atom is 0.255 e. The molecule has 0 radical (unpaired) electrons. The first-order valence-corrected chi connectivity index (χ1v) is 9.86. The van der Waals surface area contributed by atoms with Gasteiger partial charge in [-0.05, 0) is 23.6 Å². The van der Waals surface area contributed by atoms with Crippen LogP contribution in [0.1, 0.15) is 17.2 Å². The number of anilines is 1. The van der Waals surface area contributed by atoms with Gasteiger partial charge in [0.1, 0.15) is 0 Å². The number of aromatic nitrogens is 3. The van der Waals surface area contributed by atoms with E-state index >= 15 is 0 Å². The Morgan fingerprint density at radius 3 is 2.86 bits per heavy atom. The number of benzene rings is 1. The fraction of sp³-hybridized carbons (Fsp3) is 0.318. The van der Waals surface area contributed by atoms with Crippen LogP contribution >= 0.6 is 0 Å². The van der Waals surface area contributed by atoms with E-state index in [0.717, 1.165) is 38.8 Å². The lowest BCUT2D eigenvalue weighted by Gasteiger charge is -2.45. The summed E-state index contributed by atoms with van der Waals surface area (Å²) in [5, 5.41) is 0. The molecule has 1 aromatic carbocycles. The molecule has 7 heteroatoms. The quantitative estimate of drug-likeness (QED) is 0.672. The molecule has 5 rings (SSSR count). The summed E-state index contributed by atoms with van der Waals surface area (Å²) >= 11 is 0. The number of pyridine rings is 1. The van der Waals surface area contributed by atoms with Gasteiger partial charge in [-0.15, -0.1) is 0 Å². The summed E-state index contributed by atoms with van der Waals surface area (Å²) in [6.07, 6.45) is 3.72. The van der Waals surface area contributed by atoms with Crippen LogP contribution in [-0.4, -0.2) is 45.6 Å². The van der Waals surface area contributed by atoms with Crippen molar-refractivity contribution >= 4 is 5.95 Å². The zero-order valence-corrected chi connectivity index (χ0v) is 16.3. The zero-order valence-electron chi connectivity index (χ0n) is 16.3. The molecule has 1 atom stereocenters. The average molecular weight is 391 g/mol. The number of fused-ring (bicyclic) bond motifs is 3. The molecular formula is C22H22FN5O. The van der Waals surface area contributed by atoms with Crippen LogP contribution in [0.2, 0.25) is 0 Å². The summed E-state index contributed by atoms with van der Waals surface area (Å²) in [6.45, 7) is 3.48. The molecule has 1 fully saturated rings. The van der Waals surface area contributed by atoms with Gasteiger partial charge in [-0.3, -0.25) is 19.2 Å².